The highest BCUT2D eigenvalue weighted by molar-refractivity contribution is 5.30. The Kier molecular flexibility index (Phi) is 3.22. The van der Waals surface area contributed by atoms with Gasteiger partial charge in [0.15, 0.2) is 0 Å². The minimum Gasteiger partial charge on any atom is -0.508 e. The number of rotatable bonds is 5. The highest BCUT2D eigenvalue weighted by atomic mass is 16.5. The third-order valence-electron chi connectivity index (χ3n) is 1.92. The van der Waals surface area contributed by atoms with Gasteiger partial charge in [0, 0.05) is 0 Å². The molecule has 6 heteroatoms. The van der Waals surface area contributed by atoms with Crippen molar-refractivity contribution in [3.8, 4) is 11.5 Å². The van der Waals surface area contributed by atoms with Gasteiger partial charge in [0.25, 0.3) is 0 Å². The summed E-state index contributed by atoms with van der Waals surface area (Å²) in [4.78, 5) is 0. The molecule has 6 nitrogen and oxygen atoms in total. The summed E-state index contributed by atoms with van der Waals surface area (Å²) in [6, 6.07) is 6.60. The molecule has 2 rings (SSSR count). The molecular formula is C10H12N4O2. The van der Waals surface area contributed by atoms with Crippen LogP contribution in [-0.2, 0) is 0 Å². The predicted molar refractivity (Wildman–Crippen MR) is 57.9 cm³/mol. The highest BCUT2D eigenvalue weighted by Gasteiger charge is 1.94. The van der Waals surface area contributed by atoms with Crippen molar-refractivity contribution in [1.82, 2.24) is 14.9 Å². The van der Waals surface area contributed by atoms with Crippen molar-refractivity contribution in [3.05, 3.63) is 36.9 Å². The van der Waals surface area contributed by atoms with Gasteiger partial charge in [0.2, 0.25) is 0 Å². The fourth-order valence-electron chi connectivity index (χ4n) is 1.17. The molecule has 1 aromatic heterocycles. The number of phenols is 1. The number of phenolic OH excluding ortho intramolecular Hbond substituents is 1. The largest absolute Gasteiger partial charge is 0.508 e. The smallest absolute Gasteiger partial charge is 0.138 e. The first-order chi connectivity index (χ1) is 7.84. The molecule has 0 spiro atoms. The molecule has 0 fully saturated rings. The molecule has 0 aliphatic heterocycles. The average Bonchev–Trinajstić information content (AvgIpc) is 2.80. The molecule has 2 aromatic rings. The van der Waals surface area contributed by atoms with Crippen LogP contribution in [-0.4, -0.2) is 33.1 Å². The normalized spacial score (nSPS) is 10.0. The van der Waals surface area contributed by atoms with E-state index < -0.39 is 0 Å². The molecule has 0 bridgehead atoms. The summed E-state index contributed by atoms with van der Waals surface area (Å²) in [6.07, 6.45) is 3.14. The Hall–Kier alpha value is -2.24. The summed E-state index contributed by atoms with van der Waals surface area (Å²) >= 11 is 0. The van der Waals surface area contributed by atoms with Gasteiger partial charge in [0.1, 0.15) is 30.8 Å². The number of nitrogens with zero attached hydrogens (tertiary/aromatic N) is 3. The number of hydrogen-bond acceptors (Lipinski definition) is 5. The van der Waals surface area contributed by atoms with Gasteiger partial charge in [0.05, 0.1) is 6.54 Å². The van der Waals surface area contributed by atoms with Crippen LogP contribution in [0, 0.1) is 0 Å². The number of benzene rings is 1. The van der Waals surface area contributed by atoms with Gasteiger partial charge < -0.3 is 15.3 Å². The topological polar surface area (TPSA) is 72.2 Å². The van der Waals surface area contributed by atoms with E-state index in [2.05, 4.69) is 15.6 Å². The van der Waals surface area contributed by atoms with Crippen molar-refractivity contribution in [2.24, 2.45) is 0 Å². The maximum Gasteiger partial charge on any atom is 0.138 e. The van der Waals surface area contributed by atoms with Crippen LogP contribution in [0.2, 0.25) is 0 Å². The van der Waals surface area contributed by atoms with Gasteiger partial charge in [-0.1, -0.05) is 0 Å². The summed E-state index contributed by atoms with van der Waals surface area (Å²) in [5.74, 6) is 0.957. The molecule has 1 heterocycles. The molecule has 0 atom stereocenters. The van der Waals surface area contributed by atoms with Gasteiger partial charge in [-0.05, 0) is 24.3 Å². The standard InChI is InChI=1S/C10H12N4O2/c15-9-1-3-10(4-2-9)16-6-5-13-14-7-11-12-8-14/h1-4,7-8,13,15H,5-6H2. The Morgan fingerprint density at radius 3 is 2.56 bits per heavy atom. The van der Waals surface area contributed by atoms with Crippen LogP contribution in [0.5, 0.6) is 11.5 Å². The summed E-state index contributed by atoms with van der Waals surface area (Å²) in [7, 11) is 0. The first-order valence-corrected chi connectivity index (χ1v) is 4.85. The van der Waals surface area contributed by atoms with Crippen molar-refractivity contribution in [1.29, 1.82) is 0 Å². The zero-order valence-corrected chi connectivity index (χ0v) is 8.58. The lowest BCUT2D eigenvalue weighted by Crippen LogP contribution is -2.19. The Labute approximate surface area is 92.5 Å². The number of hydrogen-bond donors (Lipinski definition) is 2. The Morgan fingerprint density at radius 2 is 1.88 bits per heavy atom. The molecule has 0 saturated heterocycles. The molecule has 0 aliphatic carbocycles. The van der Waals surface area contributed by atoms with E-state index in [0.717, 1.165) is 5.75 Å². The molecule has 0 radical (unpaired) electrons. The summed E-state index contributed by atoms with van der Waals surface area (Å²) in [5, 5.41) is 16.4. The van der Waals surface area contributed by atoms with E-state index in [1.165, 1.54) is 0 Å². The van der Waals surface area contributed by atoms with Crippen LogP contribution in [0.15, 0.2) is 36.9 Å². The van der Waals surface area contributed by atoms with E-state index in [1.54, 1.807) is 41.6 Å². The van der Waals surface area contributed by atoms with E-state index in [1.807, 2.05) is 0 Å². The lowest BCUT2D eigenvalue weighted by atomic mass is 10.3. The van der Waals surface area contributed by atoms with E-state index >= 15 is 0 Å². The molecule has 84 valence electrons. The monoisotopic (exact) mass is 220 g/mol. The fourth-order valence-corrected chi connectivity index (χ4v) is 1.17. The van der Waals surface area contributed by atoms with E-state index in [0.29, 0.717) is 13.2 Å². The van der Waals surface area contributed by atoms with E-state index in [4.69, 9.17) is 9.84 Å². The van der Waals surface area contributed by atoms with Crippen molar-refractivity contribution >= 4 is 0 Å². The third-order valence-corrected chi connectivity index (χ3v) is 1.92. The van der Waals surface area contributed by atoms with Crippen LogP contribution in [0.4, 0.5) is 0 Å². The average molecular weight is 220 g/mol. The maximum absolute atomic E-state index is 9.07. The third kappa shape index (κ3) is 2.88. The maximum atomic E-state index is 9.07. The molecule has 2 N–H and O–H groups in total. The SMILES string of the molecule is Oc1ccc(OCCNn2cnnc2)cc1. The molecular weight excluding hydrogens is 208 g/mol. The second-order valence-electron chi connectivity index (χ2n) is 3.12. The zero-order chi connectivity index (χ0) is 11.2. The second-order valence-corrected chi connectivity index (χ2v) is 3.12. The molecule has 1 aromatic carbocycles. The molecule has 0 unspecified atom stereocenters. The van der Waals surface area contributed by atoms with Crippen LogP contribution in [0.1, 0.15) is 0 Å². The molecule has 0 amide bonds. The van der Waals surface area contributed by atoms with Gasteiger partial charge in [-0.2, -0.15) is 0 Å². The summed E-state index contributed by atoms with van der Waals surface area (Å²) in [6.45, 7) is 1.15. The van der Waals surface area contributed by atoms with Crippen molar-refractivity contribution in [2.45, 2.75) is 0 Å². The van der Waals surface area contributed by atoms with Gasteiger partial charge in [-0.15, -0.1) is 10.2 Å². The molecule has 16 heavy (non-hydrogen) atoms. The van der Waals surface area contributed by atoms with Gasteiger partial charge >= 0.3 is 0 Å². The number of aromatic hydroxyl groups is 1. The Morgan fingerprint density at radius 1 is 1.19 bits per heavy atom. The van der Waals surface area contributed by atoms with Crippen LogP contribution < -0.4 is 10.2 Å². The van der Waals surface area contributed by atoms with Crippen molar-refractivity contribution in [2.75, 3.05) is 18.6 Å². The van der Waals surface area contributed by atoms with Crippen LogP contribution in [0.3, 0.4) is 0 Å². The minimum atomic E-state index is 0.231. The highest BCUT2D eigenvalue weighted by Crippen LogP contribution is 2.15. The number of aromatic nitrogens is 3. The quantitative estimate of drug-likeness (QED) is 0.722. The Bertz CT molecular complexity index is 413. The lowest BCUT2D eigenvalue weighted by Gasteiger charge is -2.08. The second kappa shape index (κ2) is 5.01. The summed E-state index contributed by atoms with van der Waals surface area (Å²) in [5.41, 5.74) is 3.02. The number of ether oxygens (including phenoxy) is 1. The van der Waals surface area contributed by atoms with Crippen molar-refractivity contribution < 1.29 is 9.84 Å². The lowest BCUT2D eigenvalue weighted by molar-refractivity contribution is 0.328. The fraction of sp³-hybridized carbons (Fsp3) is 0.200. The van der Waals surface area contributed by atoms with Crippen molar-refractivity contribution in [3.63, 3.8) is 0 Å². The molecule has 0 saturated carbocycles. The van der Waals surface area contributed by atoms with Crippen LogP contribution >= 0.6 is 0 Å². The molecule has 0 aliphatic rings. The Balaban J connectivity index is 1.70. The van der Waals surface area contributed by atoms with Gasteiger partial charge in [-0.3, -0.25) is 0 Å². The predicted octanol–water partition coefficient (Wildman–Crippen LogP) is 0.606. The van der Waals surface area contributed by atoms with E-state index in [-0.39, 0.29) is 5.75 Å². The zero-order valence-electron chi connectivity index (χ0n) is 8.58. The number of nitrogens with one attached hydrogen (secondary N) is 1. The minimum absolute atomic E-state index is 0.231. The van der Waals surface area contributed by atoms with E-state index in [9.17, 15) is 0 Å². The first-order valence-electron chi connectivity index (χ1n) is 4.85. The van der Waals surface area contributed by atoms with Gasteiger partial charge in [-0.25, -0.2) is 4.68 Å². The van der Waals surface area contributed by atoms with Crippen LogP contribution in [0.25, 0.3) is 0 Å². The summed E-state index contributed by atoms with van der Waals surface area (Å²) < 4.78 is 7.08. The first kappa shape index (κ1) is 10.3.